The second-order valence-electron chi connectivity index (χ2n) is 2.03. The maximum atomic E-state index is 11.9. The Hall–Kier alpha value is 0.261. The zero-order chi connectivity index (χ0) is 8.48. The summed E-state index contributed by atoms with van der Waals surface area (Å²) in [5, 5.41) is 8.18. The molecule has 0 aliphatic heterocycles. The van der Waals surface area contributed by atoms with E-state index in [4.69, 9.17) is 5.26 Å². The molecule has 0 spiro atoms. The first-order chi connectivity index (χ1) is 5.04. The third-order valence-electron chi connectivity index (χ3n) is 1.20. The van der Waals surface area contributed by atoms with Gasteiger partial charge in [0.25, 0.3) is 0 Å². The number of nitrogens with one attached hydrogen (secondary N) is 1. The number of aromatic nitrogens is 1. The van der Waals surface area contributed by atoms with Crippen LogP contribution in [0, 0.1) is 11.3 Å². The van der Waals surface area contributed by atoms with E-state index in [1.807, 2.05) is 0 Å². The maximum absolute atomic E-state index is 11.9. The fraction of sp³-hybridized carbons (Fsp3) is 0. The average molecular weight is 198 g/mol. The number of rotatable bonds is 1. The number of halogens is 3. The van der Waals surface area contributed by atoms with Gasteiger partial charge in [-0.3, -0.25) is 0 Å². The number of H-pyrrole nitrogens is 1. The molecule has 0 aliphatic rings. The van der Waals surface area contributed by atoms with Crippen molar-refractivity contribution < 1.29 is 64.3 Å². The van der Waals surface area contributed by atoms with Crippen LogP contribution in [0.15, 0.2) is 12.3 Å². The fourth-order valence-electron chi connectivity index (χ4n) is 0.665. The van der Waals surface area contributed by atoms with Crippen LogP contribution in [0.4, 0.5) is 12.9 Å². The summed E-state index contributed by atoms with van der Waals surface area (Å²) in [4.78, 5) is 2.20. The third-order valence-corrected chi connectivity index (χ3v) is 1.20. The van der Waals surface area contributed by atoms with Crippen molar-refractivity contribution in [3.63, 3.8) is 0 Å². The van der Waals surface area contributed by atoms with Crippen molar-refractivity contribution in [2.24, 2.45) is 0 Å². The molecule has 0 fully saturated rings. The van der Waals surface area contributed by atoms with E-state index < -0.39 is 12.4 Å². The minimum atomic E-state index is -4.97. The Balaban J connectivity index is 0.00000121. The number of hydrogen-bond donors (Lipinski definition) is 1. The van der Waals surface area contributed by atoms with Crippen molar-refractivity contribution in [3.05, 3.63) is 18.0 Å². The van der Waals surface area contributed by atoms with Crippen LogP contribution < -0.4 is 56.8 Å². The fourth-order valence-corrected chi connectivity index (χ4v) is 0.665. The van der Waals surface area contributed by atoms with Crippen LogP contribution in [0.1, 0.15) is 5.69 Å². The smallest absolute Gasteiger partial charge is 0.445 e. The van der Waals surface area contributed by atoms with Gasteiger partial charge in [0, 0.05) is 0 Å². The van der Waals surface area contributed by atoms with Gasteiger partial charge >= 0.3 is 58.4 Å². The second-order valence-corrected chi connectivity index (χ2v) is 2.03. The summed E-state index contributed by atoms with van der Waals surface area (Å²) in [7, 11) is 0. The molecule has 0 aliphatic carbocycles. The van der Waals surface area contributed by atoms with Crippen LogP contribution in [0.3, 0.4) is 0 Å². The summed E-state index contributed by atoms with van der Waals surface area (Å²) in [5.74, 6) is 0. The van der Waals surface area contributed by atoms with E-state index >= 15 is 0 Å². The Morgan fingerprint density at radius 1 is 1.42 bits per heavy atom. The molecule has 2 nitrogen and oxygen atoms in total. The van der Waals surface area contributed by atoms with Crippen LogP contribution in [-0.4, -0.2) is 12.0 Å². The molecule has 0 radical (unpaired) electrons. The van der Waals surface area contributed by atoms with Gasteiger partial charge in [0.2, 0.25) is 0 Å². The van der Waals surface area contributed by atoms with Gasteiger partial charge in [0.1, 0.15) is 11.8 Å². The van der Waals surface area contributed by atoms with E-state index in [1.165, 1.54) is 0 Å². The number of nitriles is 1. The SMILES string of the molecule is N#Cc1cc([B-](F)(F)F)c[nH]1.[K+]. The van der Waals surface area contributed by atoms with Gasteiger partial charge < -0.3 is 17.9 Å². The van der Waals surface area contributed by atoms with Crippen LogP contribution >= 0.6 is 0 Å². The molecule has 0 aromatic carbocycles. The molecule has 1 heterocycles. The summed E-state index contributed by atoms with van der Waals surface area (Å²) in [6.45, 7) is -4.97. The quantitative estimate of drug-likeness (QED) is 0.518. The van der Waals surface area contributed by atoms with Crippen molar-refractivity contribution in [1.29, 1.82) is 5.26 Å². The summed E-state index contributed by atoms with van der Waals surface area (Å²) in [6.07, 6.45) is 0.790. The molecule has 0 unspecified atom stereocenters. The van der Waals surface area contributed by atoms with Crippen molar-refractivity contribution in [2.75, 3.05) is 0 Å². The molecule has 0 amide bonds. The van der Waals surface area contributed by atoms with Gasteiger partial charge in [-0.2, -0.15) is 5.26 Å². The van der Waals surface area contributed by atoms with Crippen molar-refractivity contribution in [1.82, 2.24) is 4.98 Å². The van der Waals surface area contributed by atoms with Crippen LogP contribution in [0.5, 0.6) is 0 Å². The molecule has 58 valence electrons. The largest absolute Gasteiger partial charge is 1.00 e. The van der Waals surface area contributed by atoms with Gasteiger partial charge in [0.05, 0.1) is 0 Å². The van der Waals surface area contributed by atoms with E-state index in [-0.39, 0.29) is 57.1 Å². The molecule has 0 saturated heterocycles. The summed E-state index contributed by atoms with van der Waals surface area (Å²) in [6, 6.07) is 2.37. The van der Waals surface area contributed by atoms with E-state index in [9.17, 15) is 12.9 Å². The Morgan fingerprint density at radius 3 is 2.25 bits per heavy atom. The number of hydrogen-bond acceptors (Lipinski definition) is 1. The van der Waals surface area contributed by atoms with E-state index in [1.54, 1.807) is 6.07 Å². The molecule has 0 bridgehead atoms. The topological polar surface area (TPSA) is 39.6 Å². The second kappa shape index (κ2) is 4.48. The standard InChI is InChI=1S/C5H3BF3N2.K/c7-6(8,9)4-1-5(2-10)11-3-4;/h1,3,11H;/q-1;+1. The maximum Gasteiger partial charge on any atom is 1.00 e. The molecule has 1 N–H and O–H groups in total. The van der Waals surface area contributed by atoms with Gasteiger partial charge in [-0.25, -0.2) is 0 Å². The summed E-state index contributed by atoms with van der Waals surface area (Å²) < 4.78 is 35.6. The molecule has 0 atom stereocenters. The predicted octanol–water partition coefficient (Wildman–Crippen LogP) is -2.06. The monoisotopic (exact) mass is 198 g/mol. The first kappa shape index (κ1) is 12.3. The first-order valence-corrected chi connectivity index (χ1v) is 2.82. The molecule has 1 aromatic heterocycles. The first-order valence-electron chi connectivity index (χ1n) is 2.82. The summed E-state index contributed by atoms with van der Waals surface area (Å²) >= 11 is 0. The Morgan fingerprint density at radius 2 is 2.00 bits per heavy atom. The Bertz CT molecular complexity index is 300. The van der Waals surface area contributed by atoms with Gasteiger partial charge in [-0.1, -0.05) is 11.5 Å². The van der Waals surface area contributed by atoms with Crippen LogP contribution in [-0.2, 0) is 0 Å². The van der Waals surface area contributed by atoms with E-state index in [2.05, 4.69) is 4.98 Å². The third kappa shape index (κ3) is 2.95. The minimum absolute atomic E-state index is 0. The number of aromatic amines is 1. The molecular weight excluding hydrogens is 195 g/mol. The molecule has 12 heavy (non-hydrogen) atoms. The Kier molecular flexibility index (Phi) is 4.58. The zero-order valence-electron chi connectivity index (χ0n) is 6.31. The van der Waals surface area contributed by atoms with Crippen molar-refractivity contribution >= 4 is 12.4 Å². The van der Waals surface area contributed by atoms with Gasteiger partial charge in [0.15, 0.2) is 0 Å². The van der Waals surface area contributed by atoms with E-state index in [0.29, 0.717) is 0 Å². The van der Waals surface area contributed by atoms with Crippen molar-refractivity contribution in [2.45, 2.75) is 0 Å². The zero-order valence-corrected chi connectivity index (χ0v) is 9.44. The number of nitrogens with zero attached hydrogens (tertiary/aromatic N) is 1. The summed E-state index contributed by atoms with van der Waals surface area (Å²) in [5.41, 5.74) is -0.833. The normalized spacial score (nSPS) is 10.2. The van der Waals surface area contributed by atoms with Gasteiger partial charge in [-0.05, 0) is 6.20 Å². The Labute approximate surface area is 110 Å². The molecule has 7 heteroatoms. The molecular formula is C5H3BF3KN2. The van der Waals surface area contributed by atoms with Crippen LogP contribution in [0.25, 0.3) is 0 Å². The average Bonchev–Trinajstić information content (AvgIpc) is 2.32. The molecule has 1 aromatic rings. The minimum Gasteiger partial charge on any atom is -0.445 e. The predicted molar refractivity (Wildman–Crippen MR) is 34.2 cm³/mol. The van der Waals surface area contributed by atoms with Crippen LogP contribution in [0.2, 0.25) is 0 Å². The molecule has 0 saturated carbocycles. The van der Waals surface area contributed by atoms with E-state index in [0.717, 1.165) is 12.3 Å². The molecule has 1 rings (SSSR count). The van der Waals surface area contributed by atoms with Crippen molar-refractivity contribution in [3.8, 4) is 6.07 Å². The van der Waals surface area contributed by atoms with Gasteiger partial charge in [-0.15, -0.1) is 0 Å².